The predicted molar refractivity (Wildman–Crippen MR) is 121 cm³/mol. The lowest BCUT2D eigenvalue weighted by atomic mass is 9.74. The molecule has 3 unspecified atom stereocenters. The molecule has 0 fully saturated rings. The number of ether oxygens (including phenoxy) is 2. The lowest BCUT2D eigenvalue weighted by Gasteiger charge is -2.32. The number of anilines is 2. The van der Waals surface area contributed by atoms with Crippen LogP contribution in [-0.4, -0.2) is 30.4 Å². The summed E-state index contributed by atoms with van der Waals surface area (Å²) in [7, 11) is 1.23. The Kier molecular flexibility index (Phi) is 6.14. The van der Waals surface area contributed by atoms with Crippen molar-refractivity contribution in [2.75, 3.05) is 24.4 Å². The standard InChI is InChI=1S/C24H25N3O7/c1-4-34-18-11-13(10-17(22(18)28)27(31)32)21-20-16(25-14-7-5-6-8-15(14)26-21)9-12(2)19(23(20)29)24(30)33-3/h5-8,10-12,19,21,25-26,28H,4,9H2,1-3H3/p-1. The number of benzene rings is 2. The van der Waals surface area contributed by atoms with Gasteiger partial charge >= 0.3 is 5.97 Å². The number of esters is 1. The minimum absolute atomic E-state index is 0.132. The van der Waals surface area contributed by atoms with Crippen LogP contribution in [-0.2, 0) is 14.3 Å². The molecule has 0 saturated heterocycles. The normalized spacial score (nSPS) is 21.4. The van der Waals surface area contributed by atoms with Gasteiger partial charge in [0.1, 0.15) is 11.7 Å². The number of Topliss-reactive ketones (excluding diaryl/α,β-unsaturated/α-hetero) is 1. The average Bonchev–Trinajstić information content (AvgIpc) is 2.96. The smallest absolute Gasteiger partial charge is 0.316 e. The fraction of sp³-hybridized carbons (Fsp3) is 0.333. The molecule has 1 heterocycles. The first-order chi connectivity index (χ1) is 16.3. The zero-order chi connectivity index (χ0) is 24.6. The molecule has 178 valence electrons. The van der Waals surface area contributed by atoms with Crippen LogP contribution in [0, 0.1) is 22.0 Å². The molecule has 2 aromatic rings. The number of nitro groups is 1. The highest BCUT2D eigenvalue weighted by Crippen LogP contribution is 2.46. The van der Waals surface area contributed by atoms with Gasteiger partial charge in [0.25, 0.3) is 5.69 Å². The molecule has 34 heavy (non-hydrogen) atoms. The summed E-state index contributed by atoms with van der Waals surface area (Å²) in [6.07, 6.45) is 0.382. The molecule has 4 rings (SSSR count). The lowest BCUT2D eigenvalue weighted by molar-refractivity contribution is -0.398. The van der Waals surface area contributed by atoms with Gasteiger partial charge in [-0.25, -0.2) is 0 Å². The van der Waals surface area contributed by atoms with Crippen LogP contribution in [0.15, 0.2) is 47.7 Å². The number of allylic oxidation sites excluding steroid dienone is 1. The maximum Gasteiger partial charge on any atom is 0.316 e. The molecule has 0 saturated carbocycles. The molecule has 0 spiro atoms. The second-order valence-electron chi connectivity index (χ2n) is 8.24. The Morgan fingerprint density at radius 2 is 1.94 bits per heavy atom. The molecule has 10 nitrogen and oxygen atoms in total. The Labute approximate surface area is 195 Å². The number of carbonyl (C=O) groups excluding carboxylic acids is 2. The number of methoxy groups -OCH3 is 1. The fourth-order valence-electron chi connectivity index (χ4n) is 4.56. The maximum absolute atomic E-state index is 13.7. The monoisotopic (exact) mass is 466 g/mol. The van der Waals surface area contributed by atoms with E-state index in [1.54, 1.807) is 19.9 Å². The van der Waals surface area contributed by atoms with Crippen LogP contribution in [0.4, 0.5) is 17.1 Å². The van der Waals surface area contributed by atoms with Crippen LogP contribution in [0.2, 0.25) is 0 Å². The van der Waals surface area contributed by atoms with Gasteiger partial charge in [0, 0.05) is 23.1 Å². The van der Waals surface area contributed by atoms with Crippen molar-refractivity contribution in [2.24, 2.45) is 11.8 Å². The first-order valence-corrected chi connectivity index (χ1v) is 10.9. The highest BCUT2D eigenvalue weighted by atomic mass is 16.6. The zero-order valence-corrected chi connectivity index (χ0v) is 18.9. The van der Waals surface area contributed by atoms with Gasteiger partial charge in [-0.1, -0.05) is 19.1 Å². The van der Waals surface area contributed by atoms with Gasteiger partial charge in [0.2, 0.25) is 0 Å². The van der Waals surface area contributed by atoms with Crippen molar-refractivity contribution in [2.45, 2.75) is 26.3 Å². The van der Waals surface area contributed by atoms with E-state index in [0.29, 0.717) is 29.1 Å². The molecule has 3 atom stereocenters. The number of nitrogens with zero attached hydrogens (tertiary/aromatic N) is 1. The summed E-state index contributed by atoms with van der Waals surface area (Å²) in [4.78, 5) is 37.0. The van der Waals surface area contributed by atoms with E-state index < -0.39 is 40.1 Å². The van der Waals surface area contributed by atoms with Gasteiger partial charge in [0.15, 0.2) is 5.78 Å². The molecule has 0 radical (unpaired) electrons. The Balaban J connectivity index is 1.94. The molecule has 2 aliphatic rings. The van der Waals surface area contributed by atoms with Crippen molar-refractivity contribution in [3.05, 3.63) is 63.3 Å². The maximum atomic E-state index is 13.7. The number of fused-ring (bicyclic) bond motifs is 1. The summed E-state index contributed by atoms with van der Waals surface area (Å²) in [6.45, 7) is 3.59. The summed E-state index contributed by atoms with van der Waals surface area (Å²) in [5.41, 5.74) is 1.88. The quantitative estimate of drug-likeness (QED) is 0.294. The van der Waals surface area contributed by atoms with E-state index in [1.807, 2.05) is 18.2 Å². The summed E-state index contributed by atoms with van der Waals surface area (Å²) < 4.78 is 10.3. The van der Waals surface area contributed by atoms with Crippen molar-refractivity contribution in [1.82, 2.24) is 0 Å². The molecule has 2 aromatic carbocycles. The molecule has 0 aromatic heterocycles. The van der Waals surface area contributed by atoms with E-state index >= 15 is 0 Å². The largest absolute Gasteiger partial charge is 0.865 e. The van der Waals surface area contributed by atoms with Crippen LogP contribution >= 0.6 is 0 Å². The van der Waals surface area contributed by atoms with Gasteiger partial charge in [0.05, 0.1) is 36.1 Å². The molecule has 2 N–H and O–H groups in total. The number of para-hydroxylation sites is 2. The van der Waals surface area contributed by atoms with Crippen molar-refractivity contribution in [3.8, 4) is 11.5 Å². The second kappa shape index (κ2) is 9.05. The summed E-state index contributed by atoms with van der Waals surface area (Å²) >= 11 is 0. The first kappa shape index (κ1) is 23.1. The molecular weight excluding hydrogens is 442 g/mol. The highest BCUT2D eigenvalue weighted by Gasteiger charge is 2.44. The average molecular weight is 466 g/mol. The molecule has 0 amide bonds. The van der Waals surface area contributed by atoms with E-state index in [9.17, 15) is 24.8 Å². The van der Waals surface area contributed by atoms with Gasteiger partial charge < -0.3 is 25.2 Å². The highest BCUT2D eigenvalue weighted by molar-refractivity contribution is 6.11. The van der Waals surface area contributed by atoms with E-state index in [0.717, 1.165) is 6.07 Å². The molecule has 1 aliphatic carbocycles. The van der Waals surface area contributed by atoms with Crippen molar-refractivity contribution in [3.63, 3.8) is 0 Å². The zero-order valence-electron chi connectivity index (χ0n) is 18.9. The van der Waals surface area contributed by atoms with Crippen LogP contribution in [0.5, 0.6) is 11.5 Å². The Morgan fingerprint density at radius 1 is 1.24 bits per heavy atom. The van der Waals surface area contributed by atoms with Gasteiger partial charge in [-0.15, -0.1) is 0 Å². The van der Waals surface area contributed by atoms with Crippen LogP contribution in [0.25, 0.3) is 0 Å². The van der Waals surface area contributed by atoms with Crippen LogP contribution in [0.3, 0.4) is 0 Å². The second-order valence-corrected chi connectivity index (χ2v) is 8.24. The first-order valence-electron chi connectivity index (χ1n) is 10.9. The Morgan fingerprint density at radius 3 is 2.59 bits per heavy atom. The number of rotatable bonds is 5. The third-order valence-electron chi connectivity index (χ3n) is 6.11. The topological polar surface area (TPSA) is 143 Å². The number of nitro benzene ring substituents is 1. The van der Waals surface area contributed by atoms with Crippen molar-refractivity contribution >= 4 is 28.8 Å². The summed E-state index contributed by atoms with van der Waals surface area (Å²) in [5.74, 6) is -3.44. The third-order valence-corrected chi connectivity index (χ3v) is 6.11. The van der Waals surface area contributed by atoms with Crippen molar-refractivity contribution in [1.29, 1.82) is 0 Å². The van der Waals surface area contributed by atoms with E-state index in [4.69, 9.17) is 9.47 Å². The number of nitrogens with one attached hydrogen (secondary N) is 2. The van der Waals surface area contributed by atoms with E-state index in [-0.39, 0.29) is 23.8 Å². The minimum atomic E-state index is -1.02. The number of carbonyl (C=O) groups is 2. The number of hydrogen-bond donors (Lipinski definition) is 2. The molecule has 1 aliphatic heterocycles. The van der Waals surface area contributed by atoms with Gasteiger partial charge in [-0.3, -0.25) is 19.7 Å². The van der Waals surface area contributed by atoms with E-state index in [1.165, 1.54) is 13.2 Å². The number of hydrogen-bond acceptors (Lipinski definition) is 9. The Bertz CT molecular complexity index is 1210. The van der Waals surface area contributed by atoms with Gasteiger partial charge in [-0.05, 0) is 43.0 Å². The van der Waals surface area contributed by atoms with Crippen LogP contribution < -0.4 is 20.5 Å². The molecular formula is C24H24N3O7-. The van der Waals surface area contributed by atoms with Gasteiger partial charge in [-0.2, -0.15) is 0 Å². The summed E-state index contributed by atoms with van der Waals surface area (Å²) in [5, 5.41) is 30.7. The Hall–Kier alpha value is -4.08. The van der Waals surface area contributed by atoms with Crippen molar-refractivity contribution < 1.29 is 29.1 Å². The molecule has 0 bridgehead atoms. The fourth-order valence-corrected chi connectivity index (χ4v) is 4.56. The minimum Gasteiger partial charge on any atom is -0.865 e. The predicted octanol–water partition coefficient (Wildman–Crippen LogP) is 3.30. The summed E-state index contributed by atoms with van der Waals surface area (Å²) in [6, 6.07) is 8.98. The lowest BCUT2D eigenvalue weighted by Crippen LogP contribution is -2.39. The van der Waals surface area contributed by atoms with Crippen LogP contribution in [0.1, 0.15) is 31.9 Å². The number of ketones is 1. The SMILES string of the molecule is CCOc1cc(C2Nc3ccccc3NC3=C2C(=O)C(C(=O)OC)C(C)C3)cc([N+](=O)[O-])c1[O-]. The third kappa shape index (κ3) is 3.91. The van der Waals surface area contributed by atoms with E-state index in [2.05, 4.69) is 10.6 Å². The molecule has 10 heteroatoms.